The van der Waals surface area contributed by atoms with Gasteiger partial charge in [-0.2, -0.15) is 0 Å². The number of hydrogen-bond donors (Lipinski definition) is 2. The van der Waals surface area contributed by atoms with Gasteiger partial charge in [0.1, 0.15) is 0 Å². The maximum atomic E-state index is 12.2. The van der Waals surface area contributed by atoms with Crippen LogP contribution in [0.3, 0.4) is 0 Å². The lowest BCUT2D eigenvalue weighted by Gasteiger charge is -2.31. The molecule has 1 aliphatic heterocycles. The first-order chi connectivity index (χ1) is 11.7. The van der Waals surface area contributed by atoms with Crippen LogP contribution in [0.2, 0.25) is 0 Å². The van der Waals surface area contributed by atoms with Gasteiger partial charge in [0.05, 0.1) is 6.33 Å². The summed E-state index contributed by atoms with van der Waals surface area (Å²) in [6.45, 7) is 2.88. The van der Waals surface area contributed by atoms with Gasteiger partial charge in [-0.25, -0.2) is 9.78 Å². The Labute approximate surface area is 142 Å². The minimum absolute atomic E-state index is 0.0457. The average Bonchev–Trinajstić information content (AvgIpc) is 3.14. The van der Waals surface area contributed by atoms with Crippen molar-refractivity contribution in [1.29, 1.82) is 0 Å². The van der Waals surface area contributed by atoms with Crippen molar-refractivity contribution >= 4 is 6.03 Å². The first kappa shape index (κ1) is 16.5. The van der Waals surface area contributed by atoms with Crippen LogP contribution in [-0.4, -0.2) is 45.3 Å². The summed E-state index contributed by atoms with van der Waals surface area (Å²) in [5, 5.41) is 12.2. The summed E-state index contributed by atoms with van der Waals surface area (Å²) in [4.78, 5) is 18.1. The number of aromatic nitrogens is 2. The van der Waals surface area contributed by atoms with Gasteiger partial charge in [-0.3, -0.25) is 0 Å². The highest BCUT2D eigenvalue weighted by Gasteiger charge is 2.22. The third kappa shape index (κ3) is 4.35. The number of nitrogens with zero attached hydrogens (tertiary/aromatic N) is 3. The van der Waals surface area contributed by atoms with Crippen LogP contribution in [0.5, 0.6) is 0 Å². The third-order valence-electron chi connectivity index (χ3n) is 4.46. The maximum Gasteiger partial charge on any atom is 0.317 e. The molecule has 2 amide bonds. The molecule has 0 unspecified atom stereocenters. The molecule has 6 nitrogen and oxygen atoms in total. The number of aliphatic hydroxyl groups is 1. The molecule has 1 saturated heterocycles. The van der Waals surface area contributed by atoms with Crippen LogP contribution in [0.4, 0.5) is 4.79 Å². The number of carbonyl (C=O) groups excluding carboxylic acids is 1. The quantitative estimate of drug-likeness (QED) is 0.880. The number of urea groups is 1. The van der Waals surface area contributed by atoms with Gasteiger partial charge in [-0.05, 0) is 29.9 Å². The number of rotatable bonds is 5. The van der Waals surface area contributed by atoms with Gasteiger partial charge in [0, 0.05) is 45.2 Å². The lowest BCUT2D eigenvalue weighted by molar-refractivity contribution is 0.129. The van der Waals surface area contributed by atoms with Crippen LogP contribution in [0.15, 0.2) is 43.0 Å². The highest BCUT2D eigenvalue weighted by Crippen LogP contribution is 2.15. The van der Waals surface area contributed by atoms with Crippen LogP contribution >= 0.6 is 0 Å². The Morgan fingerprint density at radius 1 is 1.29 bits per heavy atom. The average molecular weight is 328 g/mol. The summed E-state index contributed by atoms with van der Waals surface area (Å²) in [7, 11) is 0. The fraction of sp³-hybridized carbons (Fsp3) is 0.444. The normalized spacial score (nSPS) is 17.7. The van der Waals surface area contributed by atoms with E-state index in [4.69, 9.17) is 0 Å². The molecule has 0 saturated carbocycles. The molecule has 2 heterocycles. The van der Waals surface area contributed by atoms with Gasteiger partial charge in [0.2, 0.25) is 0 Å². The second kappa shape index (κ2) is 7.97. The molecule has 2 aromatic rings. The van der Waals surface area contributed by atoms with Gasteiger partial charge in [0.15, 0.2) is 0 Å². The van der Waals surface area contributed by atoms with Crippen LogP contribution in [0.25, 0.3) is 0 Å². The Balaban J connectivity index is 1.48. The standard InChI is InChI=1S/C18H24N4O2/c23-13-17-2-1-8-22(12-17)18(24)20-10-15-3-5-16(6-4-15)11-21-9-7-19-14-21/h3-7,9,14,17,23H,1-2,8,10-13H2,(H,20,24)/t17-/m0/s1. The van der Waals surface area contributed by atoms with E-state index in [1.807, 2.05) is 22.9 Å². The number of hydrogen-bond acceptors (Lipinski definition) is 3. The van der Waals surface area contributed by atoms with Crippen LogP contribution in [-0.2, 0) is 13.1 Å². The second-order valence-electron chi connectivity index (χ2n) is 6.35. The van der Waals surface area contributed by atoms with Crippen molar-refractivity contribution in [3.8, 4) is 0 Å². The monoisotopic (exact) mass is 328 g/mol. The molecule has 1 fully saturated rings. The minimum atomic E-state index is -0.0457. The van der Waals surface area contributed by atoms with Crippen LogP contribution in [0, 0.1) is 5.92 Å². The van der Waals surface area contributed by atoms with E-state index in [9.17, 15) is 9.90 Å². The Hall–Kier alpha value is -2.34. The van der Waals surface area contributed by atoms with E-state index in [2.05, 4.69) is 22.4 Å². The molecule has 0 bridgehead atoms. The molecular formula is C18H24N4O2. The number of benzene rings is 1. The molecule has 1 aromatic carbocycles. The van der Waals surface area contributed by atoms with Crippen LogP contribution < -0.4 is 5.32 Å². The topological polar surface area (TPSA) is 70.4 Å². The Morgan fingerprint density at radius 3 is 2.79 bits per heavy atom. The highest BCUT2D eigenvalue weighted by molar-refractivity contribution is 5.74. The highest BCUT2D eigenvalue weighted by atomic mass is 16.3. The van der Waals surface area contributed by atoms with Crippen molar-refractivity contribution < 1.29 is 9.90 Å². The number of piperidine rings is 1. The summed E-state index contributed by atoms with van der Waals surface area (Å²) < 4.78 is 2.02. The number of nitrogens with one attached hydrogen (secondary N) is 1. The first-order valence-electron chi connectivity index (χ1n) is 8.42. The molecule has 24 heavy (non-hydrogen) atoms. The summed E-state index contributed by atoms with van der Waals surface area (Å²) in [5.41, 5.74) is 2.28. The van der Waals surface area contributed by atoms with Gasteiger partial charge >= 0.3 is 6.03 Å². The molecule has 3 rings (SSSR count). The molecule has 0 spiro atoms. The molecular weight excluding hydrogens is 304 g/mol. The fourth-order valence-corrected chi connectivity index (χ4v) is 3.04. The van der Waals surface area contributed by atoms with Crippen molar-refractivity contribution in [1.82, 2.24) is 19.8 Å². The summed E-state index contributed by atoms with van der Waals surface area (Å²) in [6, 6.07) is 8.18. The smallest absolute Gasteiger partial charge is 0.317 e. The largest absolute Gasteiger partial charge is 0.396 e. The summed E-state index contributed by atoms with van der Waals surface area (Å²) >= 11 is 0. The zero-order chi connectivity index (χ0) is 16.8. The third-order valence-corrected chi connectivity index (χ3v) is 4.46. The van der Waals surface area contributed by atoms with Crippen molar-refractivity contribution in [2.75, 3.05) is 19.7 Å². The second-order valence-corrected chi connectivity index (χ2v) is 6.35. The molecule has 0 radical (unpaired) electrons. The Kier molecular flexibility index (Phi) is 5.48. The van der Waals surface area contributed by atoms with Crippen molar-refractivity contribution in [3.05, 3.63) is 54.1 Å². The first-order valence-corrected chi connectivity index (χ1v) is 8.42. The molecule has 1 aliphatic rings. The van der Waals surface area contributed by atoms with Crippen molar-refractivity contribution in [2.24, 2.45) is 5.92 Å². The molecule has 6 heteroatoms. The zero-order valence-electron chi connectivity index (χ0n) is 13.8. The molecule has 2 N–H and O–H groups in total. The molecule has 0 aliphatic carbocycles. The number of imidazole rings is 1. The number of amides is 2. The summed E-state index contributed by atoms with van der Waals surface area (Å²) in [6.07, 6.45) is 7.46. The van der Waals surface area contributed by atoms with E-state index in [1.165, 1.54) is 5.56 Å². The lowest BCUT2D eigenvalue weighted by Crippen LogP contribution is -2.45. The maximum absolute atomic E-state index is 12.2. The van der Waals surface area contributed by atoms with E-state index < -0.39 is 0 Å². The molecule has 128 valence electrons. The van der Waals surface area contributed by atoms with E-state index in [1.54, 1.807) is 17.4 Å². The number of likely N-dealkylation sites (tertiary alicyclic amines) is 1. The Bertz CT molecular complexity index is 640. The zero-order valence-corrected chi connectivity index (χ0v) is 13.8. The van der Waals surface area contributed by atoms with Crippen molar-refractivity contribution in [2.45, 2.75) is 25.9 Å². The minimum Gasteiger partial charge on any atom is -0.396 e. The Morgan fingerprint density at radius 2 is 2.08 bits per heavy atom. The van der Waals surface area contributed by atoms with E-state index in [0.717, 1.165) is 31.5 Å². The number of aliphatic hydroxyl groups excluding tert-OH is 1. The predicted molar refractivity (Wildman–Crippen MR) is 91.4 cm³/mol. The van der Waals surface area contributed by atoms with Gasteiger partial charge in [0.25, 0.3) is 0 Å². The SMILES string of the molecule is O=C(NCc1ccc(Cn2ccnc2)cc1)N1CCC[C@H](CO)C1. The lowest BCUT2D eigenvalue weighted by atomic mass is 9.99. The van der Waals surface area contributed by atoms with Gasteiger partial charge in [-0.15, -0.1) is 0 Å². The van der Waals surface area contributed by atoms with Crippen molar-refractivity contribution in [3.63, 3.8) is 0 Å². The van der Waals surface area contributed by atoms with E-state index >= 15 is 0 Å². The van der Waals surface area contributed by atoms with Gasteiger partial charge in [-0.1, -0.05) is 24.3 Å². The summed E-state index contributed by atoms with van der Waals surface area (Å²) in [5.74, 6) is 0.215. The van der Waals surface area contributed by atoms with Crippen LogP contribution in [0.1, 0.15) is 24.0 Å². The number of carbonyl (C=O) groups is 1. The molecule has 1 atom stereocenters. The van der Waals surface area contributed by atoms with E-state index in [-0.39, 0.29) is 18.6 Å². The predicted octanol–water partition coefficient (Wildman–Crippen LogP) is 1.85. The molecule has 1 aromatic heterocycles. The van der Waals surface area contributed by atoms with E-state index in [0.29, 0.717) is 13.1 Å². The van der Waals surface area contributed by atoms with Gasteiger partial charge < -0.3 is 19.9 Å². The fourth-order valence-electron chi connectivity index (χ4n) is 3.04.